The molecule has 5 nitrogen and oxygen atoms in total. The van der Waals surface area contributed by atoms with Crippen molar-refractivity contribution >= 4 is 17.5 Å². The van der Waals surface area contributed by atoms with Gasteiger partial charge in [-0.1, -0.05) is 18.2 Å². The van der Waals surface area contributed by atoms with Gasteiger partial charge < -0.3 is 15.5 Å². The molecule has 0 radical (unpaired) electrons. The molecule has 5 heteroatoms. The normalized spacial score (nSPS) is 15.7. The summed E-state index contributed by atoms with van der Waals surface area (Å²) in [6, 6.07) is 5.89. The number of amides is 2. The van der Waals surface area contributed by atoms with E-state index in [0.717, 1.165) is 29.9 Å². The lowest BCUT2D eigenvalue weighted by atomic mass is 10.1. The maximum Gasteiger partial charge on any atom is 0.275 e. The molecule has 126 valence electrons. The van der Waals surface area contributed by atoms with Crippen molar-refractivity contribution in [3.05, 3.63) is 29.3 Å². The molecule has 2 rings (SSSR count). The van der Waals surface area contributed by atoms with Gasteiger partial charge in [0.25, 0.3) is 5.91 Å². The summed E-state index contributed by atoms with van der Waals surface area (Å²) >= 11 is 0. The van der Waals surface area contributed by atoms with Crippen LogP contribution in [0, 0.1) is 13.8 Å². The molecule has 0 unspecified atom stereocenters. The van der Waals surface area contributed by atoms with Crippen LogP contribution >= 0.6 is 0 Å². The Morgan fingerprint density at radius 2 is 1.61 bits per heavy atom. The average molecular weight is 318 g/mol. The van der Waals surface area contributed by atoms with Crippen LogP contribution in [0.5, 0.6) is 0 Å². The fraction of sp³-hybridized carbons (Fsp3) is 0.556. The zero-order valence-electron chi connectivity index (χ0n) is 14.2. The van der Waals surface area contributed by atoms with Crippen molar-refractivity contribution in [1.82, 2.24) is 5.32 Å². The van der Waals surface area contributed by atoms with Gasteiger partial charge >= 0.3 is 0 Å². The molecule has 1 fully saturated rings. The van der Waals surface area contributed by atoms with E-state index in [9.17, 15) is 9.59 Å². The van der Waals surface area contributed by atoms with Crippen molar-refractivity contribution < 1.29 is 14.5 Å². The van der Waals surface area contributed by atoms with Gasteiger partial charge in [0.15, 0.2) is 6.54 Å². The maximum absolute atomic E-state index is 12.0. The van der Waals surface area contributed by atoms with E-state index in [0.29, 0.717) is 6.54 Å². The number of para-hydroxylation sites is 1. The van der Waals surface area contributed by atoms with E-state index in [1.165, 1.54) is 30.6 Å². The number of quaternary nitrogens is 1. The van der Waals surface area contributed by atoms with Gasteiger partial charge in [-0.2, -0.15) is 0 Å². The number of carbonyl (C=O) groups is 2. The summed E-state index contributed by atoms with van der Waals surface area (Å²) in [5.74, 6) is -0.222. The molecule has 1 aliphatic rings. The molecule has 2 amide bonds. The number of carbonyl (C=O) groups excluding carboxylic acids is 2. The van der Waals surface area contributed by atoms with Crippen molar-refractivity contribution in [2.45, 2.75) is 39.5 Å². The fourth-order valence-corrected chi connectivity index (χ4v) is 3.07. The molecule has 1 aliphatic heterocycles. The molecule has 3 N–H and O–H groups in total. The predicted molar refractivity (Wildman–Crippen MR) is 91.6 cm³/mol. The zero-order valence-corrected chi connectivity index (χ0v) is 14.2. The smallest absolute Gasteiger partial charge is 0.275 e. The van der Waals surface area contributed by atoms with Gasteiger partial charge in [0, 0.05) is 5.69 Å². The quantitative estimate of drug-likeness (QED) is 0.752. The molecule has 0 spiro atoms. The minimum absolute atomic E-state index is 0.0277. The van der Waals surface area contributed by atoms with Gasteiger partial charge in [0.05, 0.1) is 19.6 Å². The zero-order chi connectivity index (χ0) is 16.7. The van der Waals surface area contributed by atoms with Gasteiger partial charge in [-0.05, 0) is 50.7 Å². The number of aryl methyl sites for hydroxylation is 2. The summed E-state index contributed by atoms with van der Waals surface area (Å²) in [7, 11) is 0. The summed E-state index contributed by atoms with van der Waals surface area (Å²) in [5, 5.41) is 5.62. The molecule has 0 saturated carbocycles. The highest BCUT2D eigenvalue weighted by molar-refractivity contribution is 5.95. The molecule has 1 aromatic rings. The Labute approximate surface area is 138 Å². The highest BCUT2D eigenvalue weighted by atomic mass is 16.2. The van der Waals surface area contributed by atoms with E-state index < -0.39 is 0 Å². The lowest BCUT2D eigenvalue weighted by Crippen LogP contribution is -3.13. The van der Waals surface area contributed by atoms with Crippen molar-refractivity contribution in [3.8, 4) is 0 Å². The molecular weight excluding hydrogens is 290 g/mol. The molecule has 23 heavy (non-hydrogen) atoms. The largest absolute Gasteiger partial charge is 0.342 e. The lowest BCUT2D eigenvalue weighted by Gasteiger charge is -2.16. The fourth-order valence-electron chi connectivity index (χ4n) is 3.07. The first kappa shape index (κ1) is 17.5. The van der Waals surface area contributed by atoms with Gasteiger partial charge in [0.1, 0.15) is 0 Å². The minimum atomic E-state index is -0.179. The average Bonchev–Trinajstić information content (AvgIpc) is 2.78. The Morgan fingerprint density at radius 3 is 2.22 bits per heavy atom. The van der Waals surface area contributed by atoms with Crippen LogP contribution in [0.25, 0.3) is 0 Å². The third-order valence-electron chi connectivity index (χ3n) is 4.41. The van der Waals surface area contributed by atoms with Crippen LogP contribution < -0.4 is 15.5 Å². The number of nitrogens with one attached hydrogen (secondary N) is 3. The number of likely N-dealkylation sites (tertiary alicyclic amines) is 1. The standard InChI is InChI=1S/C18H27N3O2/c1-14-8-7-9-15(2)18(14)20-16(22)12-19-17(23)13-21-10-5-3-4-6-11-21/h7-9H,3-6,10-13H2,1-2H3,(H,19,23)(H,20,22)/p+1. The van der Waals surface area contributed by atoms with Crippen molar-refractivity contribution in [2.24, 2.45) is 0 Å². The maximum atomic E-state index is 12.0. The van der Waals surface area contributed by atoms with Crippen LogP contribution in [-0.2, 0) is 9.59 Å². The Bertz CT molecular complexity index is 529. The Kier molecular flexibility index (Phi) is 6.59. The Hall–Kier alpha value is -1.88. The van der Waals surface area contributed by atoms with Crippen LogP contribution in [0.4, 0.5) is 5.69 Å². The third-order valence-corrected chi connectivity index (χ3v) is 4.41. The van der Waals surface area contributed by atoms with E-state index in [-0.39, 0.29) is 18.4 Å². The topological polar surface area (TPSA) is 62.6 Å². The lowest BCUT2D eigenvalue weighted by molar-refractivity contribution is -0.891. The number of benzene rings is 1. The number of rotatable bonds is 5. The summed E-state index contributed by atoms with van der Waals surface area (Å²) < 4.78 is 0. The van der Waals surface area contributed by atoms with Crippen LogP contribution in [0.15, 0.2) is 18.2 Å². The second-order valence-electron chi connectivity index (χ2n) is 6.43. The molecule has 1 heterocycles. The Balaban J connectivity index is 1.76. The highest BCUT2D eigenvalue weighted by Crippen LogP contribution is 2.18. The summed E-state index contributed by atoms with van der Waals surface area (Å²) in [6.07, 6.45) is 4.91. The third kappa shape index (κ3) is 5.67. The van der Waals surface area contributed by atoms with Crippen LogP contribution in [-0.4, -0.2) is 38.0 Å². The predicted octanol–water partition coefficient (Wildman–Crippen LogP) is 0.817. The van der Waals surface area contributed by atoms with Crippen molar-refractivity contribution in [1.29, 1.82) is 0 Å². The van der Waals surface area contributed by atoms with E-state index >= 15 is 0 Å². The minimum Gasteiger partial charge on any atom is -0.342 e. The Morgan fingerprint density at radius 1 is 1.00 bits per heavy atom. The van der Waals surface area contributed by atoms with E-state index in [2.05, 4.69) is 10.6 Å². The first-order valence-corrected chi connectivity index (χ1v) is 8.52. The van der Waals surface area contributed by atoms with Gasteiger partial charge in [-0.25, -0.2) is 0 Å². The monoisotopic (exact) mass is 318 g/mol. The van der Waals surface area contributed by atoms with Crippen LogP contribution in [0.2, 0.25) is 0 Å². The second kappa shape index (κ2) is 8.67. The summed E-state index contributed by atoms with van der Waals surface area (Å²) in [4.78, 5) is 25.4. The highest BCUT2D eigenvalue weighted by Gasteiger charge is 2.17. The van der Waals surface area contributed by atoms with Crippen LogP contribution in [0.1, 0.15) is 36.8 Å². The van der Waals surface area contributed by atoms with E-state index in [1.807, 2.05) is 32.0 Å². The second-order valence-corrected chi connectivity index (χ2v) is 6.43. The summed E-state index contributed by atoms with van der Waals surface area (Å²) in [5.41, 5.74) is 2.89. The number of hydrogen-bond acceptors (Lipinski definition) is 2. The first-order chi connectivity index (χ1) is 11.1. The number of anilines is 1. The molecular formula is C18H28N3O2+. The van der Waals surface area contributed by atoms with E-state index in [1.54, 1.807) is 0 Å². The van der Waals surface area contributed by atoms with E-state index in [4.69, 9.17) is 0 Å². The van der Waals surface area contributed by atoms with Crippen LogP contribution in [0.3, 0.4) is 0 Å². The van der Waals surface area contributed by atoms with Gasteiger partial charge in [-0.15, -0.1) is 0 Å². The first-order valence-electron chi connectivity index (χ1n) is 8.52. The molecule has 1 aromatic carbocycles. The molecule has 1 saturated heterocycles. The molecule has 0 aliphatic carbocycles. The molecule has 0 bridgehead atoms. The van der Waals surface area contributed by atoms with Gasteiger partial charge in [-0.3, -0.25) is 9.59 Å². The molecule has 0 atom stereocenters. The van der Waals surface area contributed by atoms with Crippen molar-refractivity contribution in [2.75, 3.05) is 31.5 Å². The van der Waals surface area contributed by atoms with Crippen molar-refractivity contribution in [3.63, 3.8) is 0 Å². The van der Waals surface area contributed by atoms with Gasteiger partial charge in [0.2, 0.25) is 5.91 Å². The summed E-state index contributed by atoms with van der Waals surface area (Å²) in [6.45, 7) is 6.54. The number of hydrogen-bond donors (Lipinski definition) is 3. The molecule has 0 aromatic heterocycles. The SMILES string of the molecule is Cc1cccc(C)c1NC(=O)CNC(=O)C[NH+]1CCCCCC1.